The van der Waals surface area contributed by atoms with E-state index in [1.54, 1.807) is 0 Å². The lowest BCUT2D eigenvalue weighted by atomic mass is 10.3. The maximum Gasteiger partial charge on any atom is 0.387 e. The van der Waals surface area contributed by atoms with Gasteiger partial charge < -0.3 is 15.8 Å². The fraction of sp³-hybridized carbons (Fsp3) is 0.222. The van der Waals surface area contributed by atoms with Crippen LogP contribution in [0.15, 0.2) is 24.3 Å². The summed E-state index contributed by atoms with van der Waals surface area (Å²) in [6.07, 6.45) is 0. The van der Waals surface area contributed by atoms with Gasteiger partial charge in [0.05, 0.1) is 6.54 Å². The second kappa shape index (κ2) is 5.14. The molecule has 4 nitrogen and oxygen atoms in total. The first kappa shape index (κ1) is 11.2. The van der Waals surface area contributed by atoms with Crippen LogP contribution in [-0.2, 0) is 4.79 Å². The first-order valence-electron chi connectivity index (χ1n) is 4.15. The van der Waals surface area contributed by atoms with E-state index in [9.17, 15) is 13.6 Å². The largest absolute Gasteiger partial charge is 0.435 e. The summed E-state index contributed by atoms with van der Waals surface area (Å²) in [5.41, 5.74) is 5.52. The Hall–Kier alpha value is -1.85. The lowest BCUT2D eigenvalue weighted by molar-refractivity contribution is -0.116. The van der Waals surface area contributed by atoms with Crippen molar-refractivity contribution in [2.24, 2.45) is 5.73 Å². The van der Waals surface area contributed by atoms with E-state index in [-0.39, 0.29) is 12.3 Å². The van der Waals surface area contributed by atoms with Crippen LogP contribution in [0.3, 0.4) is 0 Å². The van der Waals surface area contributed by atoms with Crippen LogP contribution in [0.1, 0.15) is 0 Å². The number of ether oxygens (including phenoxy) is 1. The van der Waals surface area contributed by atoms with Crippen molar-refractivity contribution >= 4 is 11.6 Å². The molecule has 0 aliphatic rings. The van der Waals surface area contributed by atoms with Crippen molar-refractivity contribution in [3.8, 4) is 5.75 Å². The van der Waals surface area contributed by atoms with E-state index in [4.69, 9.17) is 5.73 Å². The van der Waals surface area contributed by atoms with Gasteiger partial charge in [0.2, 0.25) is 5.91 Å². The average Bonchev–Trinajstić information content (AvgIpc) is 2.16. The van der Waals surface area contributed by atoms with Gasteiger partial charge in [0.15, 0.2) is 0 Å². The van der Waals surface area contributed by atoms with Crippen LogP contribution in [0, 0.1) is 0 Å². The first-order chi connectivity index (χ1) is 7.08. The van der Waals surface area contributed by atoms with Gasteiger partial charge in [0.1, 0.15) is 5.75 Å². The van der Waals surface area contributed by atoms with Crippen LogP contribution in [0.2, 0.25) is 0 Å². The van der Waals surface area contributed by atoms with Crippen molar-refractivity contribution in [3.05, 3.63) is 24.3 Å². The Morgan fingerprint density at radius 1 is 1.40 bits per heavy atom. The molecule has 3 N–H and O–H groups in total. The third-order valence-corrected chi connectivity index (χ3v) is 1.55. The fourth-order valence-electron chi connectivity index (χ4n) is 0.943. The van der Waals surface area contributed by atoms with E-state index < -0.39 is 12.5 Å². The number of carbonyl (C=O) groups excluding carboxylic acids is 1. The van der Waals surface area contributed by atoms with E-state index in [0.717, 1.165) is 0 Å². The minimum absolute atomic E-state index is 0.00491. The third kappa shape index (κ3) is 4.26. The Morgan fingerprint density at radius 3 is 2.47 bits per heavy atom. The van der Waals surface area contributed by atoms with Crippen LogP contribution in [-0.4, -0.2) is 19.1 Å². The maximum absolute atomic E-state index is 11.8. The number of nitrogens with one attached hydrogen (secondary N) is 1. The fourth-order valence-corrected chi connectivity index (χ4v) is 0.943. The summed E-state index contributed by atoms with van der Waals surface area (Å²) in [6, 6.07) is 5.77. The second-order valence-electron chi connectivity index (χ2n) is 2.72. The summed E-state index contributed by atoms with van der Waals surface area (Å²) in [5.74, 6) is -0.433. The molecule has 6 heteroatoms. The quantitative estimate of drug-likeness (QED) is 0.776. The van der Waals surface area contributed by atoms with E-state index in [1.165, 1.54) is 24.3 Å². The van der Waals surface area contributed by atoms with Gasteiger partial charge in [-0.1, -0.05) is 0 Å². The molecule has 0 aliphatic heterocycles. The van der Waals surface area contributed by atoms with Crippen molar-refractivity contribution in [3.63, 3.8) is 0 Å². The van der Waals surface area contributed by atoms with Gasteiger partial charge in [-0.05, 0) is 24.3 Å². The highest BCUT2D eigenvalue weighted by molar-refractivity contribution is 5.78. The second-order valence-corrected chi connectivity index (χ2v) is 2.72. The normalized spacial score (nSPS) is 10.1. The van der Waals surface area contributed by atoms with Crippen molar-refractivity contribution in [1.82, 2.24) is 0 Å². The van der Waals surface area contributed by atoms with Gasteiger partial charge >= 0.3 is 6.61 Å². The number of rotatable bonds is 5. The molecule has 1 amide bonds. The molecule has 0 saturated heterocycles. The monoisotopic (exact) mass is 216 g/mol. The molecule has 0 aliphatic carbocycles. The lowest BCUT2D eigenvalue weighted by Gasteiger charge is -2.06. The number of halogens is 2. The Bertz CT molecular complexity index is 327. The molecule has 0 bridgehead atoms. The first-order valence-corrected chi connectivity index (χ1v) is 4.15. The molecule has 82 valence electrons. The number of primary amides is 1. The van der Waals surface area contributed by atoms with Crippen LogP contribution < -0.4 is 15.8 Å². The number of hydrogen-bond acceptors (Lipinski definition) is 3. The molecule has 1 rings (SSSR count). The van der Waals surface area contributed by atoms with Crippen molar-refractivity contribution in [2.75, 3.05) is 11.9 Å². The van der Waals surface area contributed by atoms with Crippen LogP contribution in [0.4, 0.5) is 14.5 Å². The predicted molar refractivity (Wildman–Crippen MR) is 50.8 cm³/mol. The number of carbonyl (C=O) groups is 1. The molecular formula is C9H10F2N2O2. The van der Waals surface area contributed by atoms with Crippen molar-refractivity contribution in [2.45, 2.75) is 6.61 Å². The third-order valence-electron chi connectivity index (χ3n) is 1.55. The smallest absolute Gasteiger partial charge is 0.387 e. The van der Waals surface area contributed by atoms with E-state index in [0.29, 0.717) is 5.69 Å². The number of benzene rings is 1. The minimum atomic E-state index is -2.84. The van der Waals surface area contributed by atoms with Gasteiger partial charge in [0.25, 0.3) is 0 Å². The summed E-state index contributed by atoms with van der Waals surface area (Å²) in [5, 5.41) is 2.71. The van der Waals surface area contributed by atoms with Gasteiger partial charge in [-0.3, -0.25) is 4.79 Å². The van der Waals surface area contributed by atoms with Crippen molar-refractivity contribution in [1.29, 1.82) is 0 Å². The molecule has 0 atom stereocenters. The van der Waals surface area contributed by atoms with Gasteiger partial charge in [-0.2, -0.15) is 8.78 Å². The summed E-state index contributed by atoms with van der Waals surface area (Å²) in [6.45, 7) is -2.84. The molecule has 0 aromatic heterocycles. The van der Waals surface area contributed by atoms with Crippen molar-refractivity contribution < 1.29 is 18.3 Å². The highest BCUT2D eigenvalue weighted by atomic mass is 19.3. The molecule has 0 unspecified atom stereocenters. The average molecular weight is 216 g/mol. The highest BCUT2D eigenvalue weighted by Crippen LogP contribution is 2.17. The zero-order valence-corrected chi connectivity index (χ0v) is 7.74. The summed E-state index contributed by atoms with van der Waals surface area (Å²) >= 11 is 0. The molecular weight excluding hydrogens is 206 g/mol. The number of nitrogens with two attached hydrogens (primary N) is 1. The maximum atomic E-state index is 11.8. The summed E-state index contributed by atoms with van der Waals surface area (Å²) < 4.78 is 27.7. The molecule has 0 heterocycles. The van der Waals surface area contributed by atoms with Gasteiger partial charge in [-0.25, -0.2) is 0 Å². The van der Waals surface area contributed by atoms with E-state index >= 15 is 0 Å². The minimum Gasteiger partial charge on any atom is -0.435 e. The number of amides is 1. The molecule has 0 fully saturated rings. The van der Waals surface area contributed by atoms with Gasteiger partial charge in [0, 0.05) is 5.69 Å². The molecule has 0 saturated carbocycles. The number of hydrogen-bond donors (Lipinski definition) is 2. The molecule has 1 aromatic carbocycles. The van der Waals surface area contributed by atoms with Gasteiger partial charge in [-0.15, -0.1) is 0 Å². The molecule has 1 aromatic rings. The van der Waals surface area contributed by atoms with E-state index in [1.807, 2.05) is 0 Å². The molecule has 15 heavy (non-hydrogen) atoms. The topological polar surface area (TPSA) is 64.4 Å². The zero-order valence-electron chi connectivity index (χ0n) is 7.74. The standard InChI is InChI=1S/C9H10F2N2O2/c10-9(11)15-7-3-1-6(2-4-7)13-5-8(12)14/h1-4,9,13H,5H2,(H2,12,14). The summed E-state index contributed by atoms with van der Waals surface area (Å²) in [7, 11) is 0. The highest BCUT2D eigenvalue weighted by Gasteiger charge is 2.03. The Morgan fingerprint density at radius 2 is 2.00 bits per heavy atom. The van der Waals surface area contributed by atoms with Crippen LogP contribution >= 0.6 is 0 Å². The molecule has 0 spiro atoms. The number of anilines is 1. The predicted octanol–water partition coefficient (Wildman–Crippen LogP) is 1.19. The Kier molecular flexibility index (Phi) is 3.84. The Balaban J connectivity index is 2.52. The summed E-state index contributed by atoms with van der Waals surface area (Å²) in [4.78, 5) is 10.4. The Labute approximate surface area is 85.0 Å². The van der Waals surface area contributed by atoms with Crippen LogP contribution in [0.5, 0.6) is 5.75 Å². The van der Waals surface area contributed by atoms with Crippen LogP contribution in [0.25, 0.3) is 0 Å². The lowest BCUT2D eigenvalue weighted by Crippen LogP contribution is -2.21. The van der Waals surface area contributed by atoms with E-state index in [2.05, 4.69) is 10.1 Å². The number of alkyl halides is 2. The zero-order chi connectivity index (χ0) is 11.3. The molecule has 0 radical (unpaired) electrons. The SMILES string of the molecule is NC(=O)CNc1ccc(OC(F)F)cc1.